The minimum atomic E-state index is -1.50. The lowest BCUT2D eigenvalue weighted by atomic mass is 9.91. The van der Waals surface area contributed by atoms with Gasteiger partial charge in [0.1, 0.15) is 6.04 Å². The molecule has 3 N–H and O–H groups in total. The number of halogens is 1. The lowest BCUT2D eigenvalue weighted by Crippen LogP contribution is -2.80. The first-order chi connectivity index (χ1) is 15.9. The molecule has 3 rings (SSSR count). The van der Waals surface area contributed by atoms with E-state index in [2.05, 4.69) is 22.2 Å². The molecule has 1 fully saturated rings. The third-order valence-electron chi connectivity index (χ3n) is 5.88. The average molecular weight is 455 g/mol. The number of nitrogens with zero attached hydrogens (tertiary/aromatic N) is 3. The van der Waals surface area contributed by atoms with Crippen molar-refractivity contribution in [2.24, 2.45) is 0 Å². The molecule has 0 aromatic heterocycles. The lowest BCUT2D eigenvalue weighted by molar-refractivity contribution is -0.181. The van der Waals surface area contributed by atoms with Crippen LogP contribution in [0.3, 0.4) is 0 Å². The molecule has 0 saturated carbocycles. The van der Waals surface area contributed by atoms with Gasteiger partial charge < -0.3 is 4.74 Å². The van der Waals surface area contributed by atoms with Crippen molar-refractivity contribution in [3.05, 3.63) is 65.0 Å². The molecule has 2 aromatic carbocycles. The molecule has 2 unspecified atom stereocenters. The van der Waals surface area contributed by atoms with Crippen molar-refractivity contribution in [1.29, 1.82) is 5.26 Å². The number of piperazine rings is 1. The summed E-state index contributed by atoms with van der Waals surface area (Å²) in [6, 6.07) is 12.5. The van der Waals surface area contributed by atoms with Gasteiger partial charge in [0, 0.05) is 26.9 Å². The van der Waals surface area contributed by atoms with Crippen LogP contribution in [0.2, 0.25) is 0 Å². The number of hydrogen-bond acceptors (Lipinski definition) is 7. The lowest BCUT2D eigenvalue weighted by Gasteiger charge is -2.51. The van der Waals surface area contributed by atoms with Crippen LogP contribution < -0.4 is 20.9 Å². The van der Waals surface area contributed by atoms with Gasteiger partial charge >= 0.3 is 0 Å². The summed E-state index contributed by atoms with van der Waals surface area (Å²) < 4.78 is 19.0. The Morgan fingerprint density at radius 1 is 1.15 bits per heavy atom. The molecular weight excluding hydrogens is 427 g/mol. The van der Waals surface area contributed by atoms with Crippen LogP contribution in [0.5, 0.6) is 5.75 Å². The van der Waals surface area contributed by atoms with Gasteiger partial charge in [0.05, 0.1) is 18.7 Å². The molecule has 1 aliphatic heterocycles. The van der Waals surface area contributed by atoms with Gasteiger partial charge in [-0.15, -0.1) is 0 Å². The van der Waals surface area contributed by atoms with E-state index in [0.717, 1.165) is 0 Å². The number of carbonyl (C=O) groups is 2. The number of benzene rings is 2. The Kier molecular flexibility index (Phi) is 7.28. The van der Waals surface area contributed by atoms with Gasteiger partial charge in [-0.2, -0.15) is 5.26 Å². The van der Waals surface area contributed by atoms with Crippen LogP contribution in [0.25, 0.3) is 0 Å². The fraction of sp³-hybridized carbons (Fsp3) is 0.348. The zero-order chi connectivity index (χ0) is 24.2. The van der Waals surface area contributed by atoms with E-state index >= 15 is 0 Å². The largest absolute Gasteiger partial charge is 0.494 e. The fourth-order valence-electron chi connectivity index (χ4n) is 4.21. The van der Waals surface area contributed by atoms with Gasteiger partial charge in [0.15, 0.2) is 17.2 Å². The molecule has 0 aliphatic carbocycles. The first kappa shape index (κ1) is 24.1. The quantitative estimate of drug-likeness (QED) is 0.539. The highest BCUT2D eigenvalue weighted by molar-refractivity contribution is 5.99. The van der Waals surface area contributed by atoms with Crippen LogP contribution in [0.15, 0.2) is 42.5 Å². The summed E-state index contributed by atoms with van der Waals surface area (Å²) in [6.07, 6.45) is 0.197. The molecule has 1 saturated heterocycles. The minimum Gasteiger partial charge on any atom is -0.494 e. The third kappa shape index (κ3) is 4.26. The Balaban J connectivity index is 2.03. The topological polar surface area (TPSA) is 110 Å². The first-order valence-electron chi connectivity index (χ1n) is 10.4. The molecule has 0 spiro atoms. The van der Waals surface area contributed by atoms with Crippen LogP contribution in [0, 0.1) is 17.1 Å². The molecule has 10 heteroatoms. The number of methoxy groups -OCH3 is 1. The van der Waals surface area contributed by atoms with Crippen molar-refractivity contribution in [3.8, 4) is 11.8 Å². The maximum absolute atomic E-state index is 13.9. The van der Waals surface area contributed by atoms with Crippen molar-refractivity contribution in [3.63, 3.8) is 0 Å². The summed E-state index contributed by atoms with van der Waals surface area (Å²) >= 11 is 0. The molecule has 174 valence electrons. The van der Waals surface area contributed by atoms with E-state index in [1.807, 2.05) is 0 Å². The maximum Gasteiger partial charge on any atom is 0.280 e. The normalized spacial score (nSPS) is 20.7. The van der Waals surface area contributed by atoms with Crippen LogP contribution in [-0.4, -0.2) is 61.8 Å². The molecule has 1 aliphatic rings. The number of nitriles is 1. The standard InChI is InChI=1S/C23H27FN6O3/c1-26-23(13-15-9-10-18(24)20(11-15)33-4)22(32)29(27-2)19(21(31)30(23)28-3)12-16-7-5-6-8-17(16)14-25/h5-11,19,26-28H,12-13H2,1-4H3. The summed E-state index contributed by atoms with van der Waals surface area (Å²) in [5, 5.41) is 15.0. The predicted octanol–water partition coefficient (Wildman–Crippen LogP) is 0.715. The maximum atomic E-state index is 13.9. The minimum absolute atomic E-state index is 0.0424. The second-order valence-corrected chi connectivity index (χ2v) is 7.54. The fourth-order valence-corrected chi connectivity index (χ4v) is 4.21. The molecular formula is C23H27FN6O3. The third-order valence-corrected chi connectivity index (χ3v) is 5.88. The number of carbonyl (C=O) groups excluding carboxylic acids is 2. The SMILES string of the molecule is CNN1C(=O)C(Cc2ccc(F)c(OC)c2)(NC)N(NC)C(=O)C1Cc1ccccc1C#N. The van der Waals surface area contributed by atoms with E-state index in [-0.39, 0.29) is 24.5 Å². The molecule has 2 amide bonds. The molecule has 2 atom stereocenters. The van der Waals surface area contributed by atoms with Crippen molar-refractivity contribution >= 4 is 11.8 Å². The zero-order valence-electron chi connectivity index (χ0n) is 19.0. The van der Waals surface area contributed by atoms with Gasteiger partial charge in [-0.1, -0.05) is 24.3 Å². The number of amides is 2. The highest BCUT2D eigenvalue weighted by Gasteiger charge is 2.56. The Labute approximate surface area is 192 Å². The summed E-state index contributed by atoms with van der Waals surface area (Å²) in [6.45, 7) is 0. The second kappa shape index (κ2) is 9.95. The highest BCUT2D eigenvalue weighted by atomic mass is 19.1. The zero-order valence-corrected chi connectivity index (χ0v) is 19.0. The predicted molar refractivity (Wildman–Crippen MR) is 119 cm³/mol. The van der Waals surface area contributed by atoms with Gasteiger partial charge in [-0.25, -0.2) is 20.3 Å². The van der Waals surface area contributed by atoms with Crippen molar-refractivity contribution in [2.75, 3.05) is 28.3 Å². The van der Waals surface area contributed by atoms with Gasteiger partial charge in [-0.05, 0) is 36.4 Å². The average Bonchev–Trinajstić information content (AvgIpc) is 2.83. The van der Waals surface area contributed by atoms with Crippen molar-refractivity contribution < 1.29 is 18.7 Å². The molecule has 2 aromatic rings. The summed E-state index contributed by atoms with van der Waals surface area (Å²) in [4.78, 5) is 27.4. The van der Waals surface area contributed by atoms with Gasteiger partial charge in [0.25, 0.3) is 11.8 Å². The van der Waals surface area contributed by atoms with E-state index in [0.29, 0.717) is 16.7 Å². The number of hydrazine groups is 2. The highest BCUT2D eigenvalue weighted by Crippen LogP contribution is 2.30. The number of rotatable bonds is 8. The van der Waals surface area contributed by atoms with Crippen LogP contribution in [0.4, 0.5) is 4.39 Å². The van der Waals surface area contributed by atoms with Gasteiger partial charge in [0.2, 0.25) is 0 Å². The first-order valence-corrected chi connectivity index (χ1v) is 10.4. The monoisotopic (exact) mass is 454 g/mol. The smallest absolute Gasteiger partial charge is 0.280 e. The number of likely N-dealkylation sites (N-methyl/N-ethyl adjacent to an activating group) is 1. The van der Waals surface area contributed by atoms with Gasteiger partial charge in [-0.3, -0.25) is 19.9 Å². The number of nitrogens with one attached hydrogen (secondary N) is 3. The molecule has 0 radical (unpaired) electrons. The van der Waals surface area contributed by atoms with E-state index in [4.69, 9.17) is 4.74 Å². The molecule has 33 heavy (non-hydrogen) atoms. The van der Waals surface area contributed by atoms with Crippen LogP contribution in [0.1, 0.15) is 16.7 Å². The van der Waals surface area contributed by atoms with E-state index in [9.17, 15) is 19.2 Å². The Morgan fingerprint density at radius 3 is 2.48 bits per heavy atom. The Morgan fingerprint density at radius 2 is 1.88 bits per heavy atom. The summed E-state index contributed by atoms with van der Waals surface area (Å²) in [7, 11) is 6.05. The number of hydrogen-bond donors (Lipinski definition) is 3. The van der Waals surface area contributed by atoms with E-state index in [1.165, 1.54) is 29.3 Å². The summed E-state index contributed by atoms with van der Waals surface area (Å²) in [5.74, 6) is -1.27. The van der Waals surface area contributed by atoms with Crippen molar-refractivity contribution in [1.82, 2.24) is 26.2 Å². The van der Waals surface area contributed by atoms with Crippen molar-refractivity contribution in [2.45, 2.75) is 24.5 Å². The Bertz CT molecular complexity index is 1090. The Hall–Kier alpha value is -3.52. The summed E-state index contributed by atoms with van der Waals surface area (Å²) in [5.41, 5.74) is 5.88. The van der Waals surface area contributed by atoms with Crippen LogP contribution in [-0.2, 0) is 22.4 Å². The van der Waals surface area contributed by atoms with E-state index < -0.39 is 23.4 Å². The van der Waals surface area contributed by atoms with E-state index in [1.54, 1.807) is 51.5 Å². The molecule has 9 nitrogen and oxygen atoms in total. The second-order valence-electron chi connectivity index (χ2n) is 7.54. The number of ether oxygens (including phenoxy) is 1. The molecule has 0 bridgehead atoms. The van der Waals surface area contributed by atoms with Crippen LogP contribution >= 0.6 is 0 Å². The molecule has 1 heterocycles.